The smallest absolute Gasteiger partial charge is 0.392 e. The number of hydrogen-bond donors (Lipinski definition) is 1. The van der Waals surface area contributed by atoms with Crippen LogP contribution in [-0.4, -0.2) is 9.67 Å². The SMILES string of the molecule is N#Cc1c(C(F)(F)F)cc(-c2ccc(-c3ccc(CO)cc3)s2)n(Cc2ccc(F)cc2F)c1=O. The minimum Gasteiger partial charge on any atom is -0.392 e. The topological polar surface area (TPSA) is 66.0 Å². The first-order valence-electron chi connectivity index (χ1n) is 10.1. The molecule has 4 aromatic rings. The van der Waals surface area contributed by atoms with Gasteiger partial charge in [-0.25, -0.2) is 8.78 Å². The van der Waals surface area contributed by atoms with Crippen LogP contribution in [0.25, 0.3) is 21.0 Å². The van der Waals surface area contributed by atoms with E-state index in [2.05, 4.69) is 0 Å². The zero-order valence-corrected chi connectivity index (χ0v) is 18.6. The van der Waals surface area contributed by atoms with Gasteiger partial charge in [-0.2, -0.15) is 18.4 Å². The van der Waals surface area contributed by atoms with Crippen LogP contribution in [0.15, 0.2) is 65.5 Å². The summed E-state index contributed by atoms with van der Waals surface area (Å²) in [6, 6.07) is 14.7. The minimum atomic E-state index is -4.97. The number of thiophene rings is 1. The summed E-state index contributed by atoms with van der Waals surface area (Å²) in [5, 5.41) is 18.5. The van der Waals surface area contributed by atoms with Crippen molar-refractivity contribution in [2.45, 2.75) is 19.3 Å². The Bertz CT molecular complexity index is 1500. The predicted octanol–water partition coefficient (Wildman–Crippen LogP) is 5.95. The molecule has 0 spiro atoms. The van der Waals surface area contributed by atoms with E-state index in [1.54, 1.807) is 30.3 Å². The van der Waals surface area contributed by atoms with Crippen molar-refractivity contribution in [3.63, 3.8) is 0 Å². The van der Waals surface area contributed by atoms with Gasteiger partial charge in [-0.3, -0.25) is 4.79 Å². The molecule has 0 aliphatic heterocycles. The number of benzene rings is 2. The average molecular weight is 502 g/mol. The zero-order chi connectivity index (χ0) is 25.3. The standard InChI is InChI=1S/C25H15F5N2O2S/c26-17-6-5-16(20(27)9-17)12-32-21(10-19(25(28,29)30)18(11-31)24(32)34)23-8-7-22(35-23)15-3-1-14(13-33)2-4-15/h1-10,33H,12-13H2. The van der Waals surface area contributed by atoms with Crippen LogP contribution >= 0.6 is 11.3 Å². The fourth-order valence-electron chi connectivity index (χ4n) is 3.56. The Hall–Kier alpha value is -3.81. The molecule has 178 valence electrons. The van der Waals surface area contributed by atoms with E-state index >= 15 is 0 Å². The lowest BCUT2D eigenvalue weighted by molar-refractivity contribution is -0.137. The van der Waals surface area contributed by atoms with Crippen LogP contribution in [0.2, 0.25) is 0 Å². The number of aliphatic hydroxyl groups excluding tert-OH is 1. The molecule has 0 fully saturated rings. The van der Waals surface area contributed by atoms with Crippen LogP contribution in [0.5, 0.6) is 0 Å². The Morgan fingerprint density at radius 2 is 1.66 bits per heavy atom. The Morgan fingerprint density at radius 1 is 0.971 bits per heavy atom. The van der Waals surface area contributed by atoms with Crippen LogP contribution in [0, 0.1) is 23.0 Å². The second-order valence-electron chi connectivity index (χ2n) is 7.57. The third-order valence-corrected chi connectivity index (χ3v) is 6.50. The summed E-state index contributed by atoms with van der Waals surface area (Å²) in [7, 11) is 0. The highest BCUT2D eigenvalue weighted by molar-refractivity contribution is 7.18. The van der Waals surface area contributed by atoms with E-state index in [1.165, 1.54) is 12.1 Å². The summed E-state index contributed by atoms with van der Waals surface area (Å²) in [6.45, 7) is -0.654. The third kappa shape index (κ3) is 4.87. The van der Waals surface area contributed by atoms with Crippen molar-refractivity contribution in [2.75, 3.05) is 0 Å². The number of alkyl halides is 3. The zero-order valence-electron chi connectivity index (χ0n) is 17.7. The molecular formula is C25H15F5N2O2S. The van der Waals surface area contributed by atoms with Gasteiger partial charge >= 0.3 is 6.18 Å². The van der Waals surface area contributed by atoms with E-state index in [-0.39, 0.29) is 22.7 Å². The molecule has 2 aromatic heterocycles. The number of aliphatic hydroxyl groups is 1. The molecule has 0 aliphatic carbocycles. The second-order valence-corrected chi connectivity index (χ2v) is 8.66. The molecule has 0 atom stereocenters. The normalized spacial score (nSPS) is 11.5. The van der Waals surface area contributed by atoms with Crippen molar-refractivity contribution in [1.82, 2.24) is 4.57 Å². The van der Waals surface area contributed by atoms with Crippen LogP contribution in [-0.2, 0) is 19.3 Å². The van der Waals surface area contributed by atoms with Crippen molar-refractivity contribution >= 4 is 11.3 Å². The molecule has 4 rings (SSSR count). The maximum atomic E-state index is 14.3. The summed E-state index contributed by atoms with van der Waals surface area (Å²) < 4.78 is 69.6. The van der Waals surface area contributed by atoms with E-state index in [0.29, 0.717) is 22.6 Å². The van der Waals surface area contributed by atoms with Crippen molar-refractivity contribution in [1.29, 1.82) is 5.26 Å². The highest BCUT2D eigenvalue weighted by Gasteiger charge is 2.36. The third-order valence-electron chi connectivity index (χ3n) is 5.34. The molecule has 0 radical (unpaired) electrons. The van der Waals surface area contributed by atoms with E-state index < -0.39 is 41.0 Å². The fourth-order valence-corrected chi connectivity index (χ4v) is 4.60. The molecule has 0 amide bonds. The molecule has 35 heavy (non-hydrogen) atoms. The van der Waals surface area contributed by atoms with Crippen LogP contribution < -0.4 is 5.56 Å². The lowest BCUT2D eigenvalue weighted by Crippen LogP contribution is -2.28. The summed E-state index contributed by atoms with van der Waals surface area (Å²) in [4.78, 5) is 14.0. The highest BCUT2D eigenvalue weighted by Crippen LogP contribution is 2.38. The van der Waals surface area contributed by atoms with Gasteiger partial charge < -0.3 is 9.67 Å². The van der Waals surface area contributed by atoms with E-state index in [4.69, 9.17) is 0 Å². The minimum absolute atomic E-state index is 0.130. The van der Waals surface area contributed by atoms with Crippen molar-refractivity contribution in [3.8, 4) is 27.1 Å². The maximum Gasteiger partial charge on any atom is 0.417 e. The molecule has 10 heteroatoms. The van der Waals surface area contributed by atoms with Gasteiger partial charge in [0, 0.05) is 16.5 Å². The number of pyridine rings is 1. The maximum absolute atomic E-state index is 14.3. The molecule has 0 aliphatic rings. The first kappa shape index (κ1) is 24.3. The lowest BCUT2D eigenvalue weighted by Gasteiger charge is -2.17. The van der Waals surface area contributed by atoms with Gasteiger partial charge in [0.1, 0.15) is 23.3 Å². The van der Waals surface area contributed by atoms with Gasteiger partial charge in [0.15, 0.2) is 0 Å². The summed E-state index contributed by atoms with van der Waals surface area (Å²) in [5.74, 6) is -1.82. The van der Waals surface area contributed by atoms with Crippen LogP contribution in [0.3, 0.4) is 0 Å². The van der Waals surface area contributed by atoms with E-state index in [0.717, 1.165) is 33.6 Å². The summed E-state index contributed by atoms with van der Waals surface area (Å²) in [5.41, 5.74) is -2.60. The number of aromatic nitrogens is 1. The molecule has 4 nitrogen and oxygen atoms in total. The quantitative estimate of drug-likeness (QED) is 0.343. The van der Waals surface area contributed by atoms with Gasteiger partial charge in [0.05, 0.1) is 29.3 Å². The molecular weight excluding hydrogens is 487 g/mol. The van der Waals surface area contributed by atoms with Gasteiger partial charge in [-0.05, 0) is 35.4 Å². The number of nitriles is 1. The molecule has 1 N–H and O–H groups in total. The molecule has 2 heterocycles. The lowest BCUT2D eigenvalue weighted by atomic mass is 10.1. The van der Waals surface area contributed by atoms with Crippen molar-refractivity contribution in [2.24, 2.45) is 0 Å². The summed E-state index contributed by atoms with van der Waals surface area (Å²) in [6.07, 6.45) is -4.97. The van der Waals surface area contributed by atoms with Gasteiger partial charge in [-0.1, -0.05) is 30.3 Å². The highest BCUT2D eigenvalue weighted by atomic mass is 32.1. The monoisotopic (exact) mass is 502 g/mol. The molecule has 2 aromatic carbocycles. The first-order chi connectivity index (χ1) is 16.6. The molecule has 0 bridgehead atoms. The first-order valence-corrected chi connectivity index (χ1v) is 10.9. The number of rotatable bonds is 5. The predicted molar refractivity (Wildman–Crippen MR) is 121 cm³/mol. The number of hydrogen-bond acceptors (Lipinski definition) is 4. The average Bonchev–Trinajstić information content (AvgIpc) is 3.31. The summed E-state index contributed by atoms with van der Waals surface area (Å²) >= 11 is 1.10. The van der Waals surface area contributed by atoms with E-state index in [9.17, 15) is 37.1 Å². The Morgan fingerprint density at radius 3 is 2.26 bits per heavy atom. The van der Waals surface area contributed by atoms with E-state index in [1.807, 2.05) is 0 Å². The van der Waals surface area contributed by atoms with Crippen LogP contribution in [0.4, 0.5) is 22.0 Å². The largest absolute Gasteiger partial charge is 0.417 e. The molecule has 0 saturated heterocycles. The van der Waals surface area contributed by atoms with Crippen LogP contribution in [0.1, 0.15) is 22.3 Å². The van der Waals surface area contributed by atoms with Crippen molar-refractivity contribution < 1.29 is 27.1 Å². The number of nitrogens with zero attached hydrogens (tertiary/aromatic N) is 2. The number of halogens is 5. The second kappa shape index (κ2) is 9.44. The fraction of sp³-hybridized carbons (Fsp3) is 0.120. The van der Waals surface area contributed by atoms with Gasteiger partial charge in [0.2, 0.25) is 0 Å². The Kier molecular flexibility index (Phi) is 6.56. The Balaban J connectivity index is 1.91. The Labute approximate surface area is 199 Å². The van der Waals surface area contributed by atoms with Gasteiger partial charge in [-0.15, -0.1) is 11.3 Å². The van der Waals surface area contributed by atoms with Gasteiger partial charge in [0.25, 0.3) is 5.56 Å². The van der Waals surface area contributed by atoms with Crippen molar-refractivity contribution in [3.05, 3.63) is 105 Å². The molecule has 0 unspecified atom stereocenters. The molecule has 0 saturated carbocycles.